The maximum atomic E-state index is 12.7. The van der Waals surface area contributed by atoms with Crippen molar-refractivity contribution in [2.24, 2.45) is 7.05 Å². The summed E-state index contributed by atoms with van der Waals surface area (Å²) in [5.41, 5.74) is 1.43. The van der Waals surface area contributed by atoms with E-state index in [0.717, 1.165) is 0 Å². The molecule has 194 valence electrons. The van der Waals surface area contributed by atoms with Crippen molar-refractivity contribution < 1.29 is 19.1 Å². The van der Waals surface area contributed by atoms with E-state index in [9.17, 15) is 14.4 Å². The van der Waals surface area contributed by atoms with E-state index >= 15 is 0 Å². The number of halogens is 1. The second-order valence-electron chi connectivity index (χ2n) is 8.40. The van der Waals surface area contributed by atoms with Gasteiger partial charge in [-0.05, 0) is 37.3 Å². The molecule has 37 heavy (non-hydrogen) atoms. The molecular formula is C25H27ClN6O4S. The number of hydrogen-bond donors (Lipinski definition) is 2. The van der Waals surface area contributed by atoms with E-state index in [2.05, 4.69) is 20.8 Å². The molecule has 1 aliphatic rings. The molecule has 12 heteroatoms. The fourth-order valence-electron chi connectivity index (χ4n) is 3.82. The average molecular weight is 543 g/mol. The number of benzene rings is 2. The summed E-state index contributed by atoms with van der Waals surface area (Å²) in [7, 11) is 1.77. The number of carbonyl (C=O) groups is 3. The number of carbonyl (C=O) groups excluding carboxylic acids is 3. The normalized spacial score (nSPS) is 14.2. The fraction of sp³-hybridized carbons (Fsp3) is 0.320. The second-order valence-corrected chi connectivity index (χ2v) is 9.75. The van der Waals surface area contributed by atoms with Crippen molar-refractivity contribution >= 4 is 46.8 Å². The lowest BCUT2D eigenvalue weighted by Gasteiger charge is -2.27. The largest absolute Gasteiger partial charge is 0.378 e. The van der Waals surface area contributed by atoms with Gasteiger partial charge in [-0.25, -0.2) is 0 Å². The number of amides is 3. The lowest BCUT2D eigenvalue weighted by atomic mass is 10.1. The quantitative estimate of drug-likeness (QED) is 0.420. The first-order valence-corrected chi connectivity index (χ1v) is 13.0. The Labute approximate surface area is 223 Å². The molecule has 1 atom stereocenters. The van der Waals surface area contributed by atoms with Crippen molar-refractivity contribution in [2.75, 3.05) is 37.4 Å². The fourth-order valence-corrected chi connectivity index (χ4v) is 4.76. The third-order valence-electron chi connectivity index (χ3n) is 5.75. The standard InChI is InChI=1S/C25H27ClN6O4S/c1-16(27-23(34)19-8-3-4-9-20(19)26)22-29-30-25(31(22)2)37-15-21(33)28-18-7-5-6-17(14-18)24(35)32-10-12-36-13-11-32/h3-9,14,16H,10-13,15H2,1-2H3,(H,27,34)(H,28,33). The molecule has 0 radical (unpaired) electrons. The van der Waals surface area contributed by atoms with Crippen LogP contribution in [0.2, 0.25) is 5.02 Å². The molecule has 2 heterocycles. The number of aromatic nitrogens is 3. The van der Waals surface area contributed by atoms with E-state index in [1.807, 2.05) is 0 Å². The van der Waals surface area contributed by atoms with Crippen LogP contribution in [-0.2, 0) is 16.6 Å². The zero-order valence-corrected chi connectivity index (χ0v) is 22.0. The SMILES string of the molecule is CC(NC(=O)c1ccccc1Cl)c1nnc(SCC(=O)Nc2cccc(C(=O)N3CCOCC3)c2)n1C. The van der Waals surface area contributed by atoms with E-state index in [1.54, 1.807) is 72.0 Å². The number of anilines is 1. The minimum atomic E-state index is -0.434. The van der Waals surface area contributed by atoms with Crippen LogP contribution in [-0.4, -0.2) is 69.4 Å². The first-order chi connectivity index (χ1) is 17.8. The molecule has 4 rings (SSSR count). The monoisotopic (exact) mass is 542 g/mol. The van der Waals surface area contributed by atoms with Gasteiger partial charge >= 0.3 is 0 Å². The summed E-state index contributed by atoms with van der Waals surface area (Å²) >= 11 is 7.33. The van der Waals surface area contributed by atoms with E-state index in [-0.39, 0.29) is 23.5 Å². The van der Waals surface area contributed by atoms with Gasteiger partial charge in [-0.2, -0.15) is 0 Å². The van der Waals surface area contributed by atoms with Crippen LogP contribution in [0.15, 0.2) is 53.7 Å². The summed E-state index contributed by atoms with van der Waals surface area (Å²) in [6.07, 6.45) is 0. The Balaban J connectivity index is 1.32. The molecule has 2 aromatic carbocycles. The van der Waals surface area contributed by atoms with E-state index < -0.39 is 6.04 Å². The van der Waals surface area contributed by atoms with Crippen molar-refractivity contribution in [1.29, 1.82) is 0 Å². The Morgan fingerprint density at radius 1 is 1.11 bits per heavy atom. The summed E-state index contributed by atoms with van der Waals surface area (Å²) in [6.45, 7) is 3.94. The van der Waals surface area contributed by atoms with E-state index in [4.69, 9.17) is 16.3 Å². The van der Waals surface area contributed by atoms with Crippen LogP contribution in [0.5, 0.6) is 0 Å². The van der Waals surface area contributed by atoms with E-state index in [1.165, 1.54) is 11.8 Å². The molecule has 0 aliphatic carbocycles. The van der Waals surface area contributed by atoms with Gasteiger partial charge in [-0.1, -0.05) is 41.6 Å². The van der Waals surface area contributed by atoms with Gasteiger partial charge in [0.2, 0.25) is 5.91 Å². The van der Waals surface area contributed by atoms with Crippen molar-refractivity contribution in [2.45, 2.75) is 18.1 Å². The van der Waals surface area contributed by atoms with Crippen LogP contribution in [0.1, 0.15) is 39.5 Å². The van der Waals surface area contributed by atoms with Crippen LogP contribution in [0.3, 0.4) is 0 Å². The molecule has 1 saturated heterocycles. The number of hydrogen-bond acceptors (Lipinski definition) is 7. The molecule has 1 aromatic heterocycles. The minimum Gasteiger partial charge on any atom is -0.378 e. The van der Waals surface area contributed by atoms with Gasteiger partial charge in [-0.15, -0.1) is 10.2 Å². The van der Waals surface area contributed by atoms with Gasteiger partial charge in [0.1, 0.15) is 0 Å². The Bertz CT molecular complexity index is 1290. The zero-order chi connectivity index (χ0) is 26.4. The smallest absolute Gasteiger partial charge is 0.254 e. The molecule has 1 unspecified atom stereocenters. The zero-order valence-electron chi connectivity index (χ0n) is 20.4. The number of ether oxygens (including phenoxy) is 1. The van der Waals surface area contributed by atoms with Crippen molar-refractivity contribution in [3.63, 3.8) is 0 Å². The number of morpholine rings is 1. The first kappa shape index (κ1) is 26.6. The first-order valence-electron chi connectivity index (χ1n) is 11.7. The van der Waals surface area contributed by atoms with Crippen LogP contribution in [0.4, 0.5) is 5.69 Å². The van der Waals surface area contributed by atoms with Gasteiger partial charge < -0.3 is 24.8 Å². The summed E-state index contributed by atoms with van der Waals surface area (Å²) in [5.74, 6) is -0.0167. The Morgan fingerprint density at radius 3 is 2.62 bits per heavy atom. The van der Waals surface area contributed by atoms with Crippen LogP contribution in [0.25, 0.3) is 0 Å². The summed E-state index contributed by atoms with van der Waals surface area (Å²) in [6, 6.07) is 13.2. The maximum absolute atomic E-state index is 12.7. The Kier molecular flexibility index (Phi) is 8.80. The molecule has 1 fully saturated rings. The molecule has 0 bridgehead atoms. The summed E-state index contributed by atoms with van der Waals surface area (Å²) < 4.78 is 7.03. The minimum absolute atomic E-state index is 0.0869. The highest BCUT2D eigenvalue weighted by atomic mass is 35.5. The topological polar surface area (TPSA) is 118 Å². The third kappa shape index (κ3) is 6.68. The van der Waals surface area contributed by atoms with Crippen LogP contribution >= 0.6 is 23.4 Å². The van der Waals surface area contributed by atoms with E-state index in [0.29, 0.717) is 59.1 Å². The average Bonchev–Trinajstić information content (AvgIpc) is 3.28. The number of nitrogens with zero attached hydrogens (tertiary/aromatic N) is 4. The molecule has 3 amide bonds. The lowest BCUT2D eigenvalue weighted by molar-refractivity contribution is -0.113. The third-order valence-corrected chi connectivity index (χ3v) is 7.10. The molecule has 3 aromatic rings. The van der Waals surface area contributed by atoms with Crippen LogP contribution in [0, 0.1) is 0 Å². The predicted molar refractivity (Wildman–Crippen MR) is 141 cm³/mol. The maximum Gasteiger partial charge on any atom is 0.254 e. The van der Waals surface area contributed by atoms with Crippen molar-refractivity contribution in [3.8, 4) is 0 Å². The van der Waals surface area contributed by atoms with Gasteiger partial charge in [0.05, 0.1) is 35.6 Å². The number of thioether (sulfide) groups is 1. The van der Waals surface area contributed by atoms with Crippen LogP contribution < -0.4 is 10.6 Å². The highest BCUT2D eigenvalue weighted by Gasteiger charge is 2.21. The Morgan fingerprint density at radius 2 is 1.86 bits per heavy atom. The number of nitrogens with one attached hydrogen (secondary N) is 2. The van der Waals surface area contributed by atoms with Crippen molar-refractivity contribution in [3.05, 3.63) is 70.5 Å². The molecule has 2 N–H and O–H groups in total. The lowest BCUT2D eigenvalue weighted by Crippen LogP contribution is -2.40. The summed E-state index contributed by atoms with van der Waals surface area (Å²) in [4.78, 5) is 39.6. The highest BCUT2D eigenvalue weighted by molar-refractivity contribution is 7.99. The van der Waals surface area contributed by atoms with Gasteiger partial charge in [0.15, 0.2) is 11.0 Å². The summed E-state index contributed by atoms with van der Waals surface area (Å²) in [5, 5.41) is 14.9. The molecule has 0 spiro atoms. The molecule has 0 saturated carbocycles. The van der Waals surface area contributed by atoms with Gasteiger partial charge in [0.25, 0.3) is 11.8 Å². The van der Waals surface area contributed by atoms with Gasteiger partial charge in [0, 0.05) is 31.4 Å². The van der Waals surface area contributed by atoms with Gasteiger partial charge in [-0.3, -0.25) is 14.4 Å². The number of rotatable bonds is 8. The highest BCUT2D eigenvalue weighted by Crippen LogP contribution is 2.21. The molecule has 10 nitrogen and oxygen atoms in total. The molecular weight excluding hydrogens is 516 g/mol. The molecule has 1 aliphatic heterocycles. The Hall–Kier alpha value is -3.41. The predicted octanol–water partition coefficient (Wildman–Crippen LogP) is 3.16. The van der Waals surface area contributed by atoms with Crippen molar-refractivity contribution in [1.82, 2.24) is 25.0 Å². The second kappa shape index (κ2) is 12.2.